The summed E-state index contributed by atoms with van der Waals surface area (Å²) in [7, 11) is 1.32. The zero-order valence-corrected chi connectivity index (χ0v) is 19.8. The molecule has 0 aromatic carbocycles. The second-order valence-electron chi connectivity index (χ2n) is 6.68. The van der Waals surface area contributed by atoms with E-state index >= 15 is 0 Å². The van der Waals surface area contributed by atoms with E-state index in [0.717, 1.165) is 24.2 Å². The van der Waals surface area contributed by atoms with Gasteiger partial charge in [-0.1, -0.05) is 39.8 Å². The molecule has 5 heteroatoms. The van der Waals surface area contributed by atoms with Crippen LogP contribution < -0.4 is 0 Å². The van der Waals surface area contributed by atoms with Gasteiger partial charge in [0.25, 0.3) is 0 Å². The Bertz CT molecular complexity index is 637. The van der Waals surface area contributed by atoms with Crippen molar-refractivity contribution in [3.8, 4) is 0 Å². The predicted octanol–water partition coefficient (Wildman–Crippen LogP) is 7.73. The fourth-order valence-corrected chi connectivity index (χ4v) is 2.94. The van der Waals surface area contributed by atoms with Gasteiger partial charge in [-0.25, -0.2) is 8.78 Å². The SMILES string of the molecule is C=CC1CCC(COC2=CC=C(/C(C)=C(F)/C(F)=C(\C)OC)CC2)OC1.CC.CC. The van der Waals surface area contributed by atoms with Gasteiger partial charge in [0.1, 0.15) is 12.4 Å². The third kappa shape index (κ3) is 8.86. The van der Waals surface area contributed by atoms with Gasteiger partial charge >= 0.3 is 0 Å². The topological polar surface area (TPSA) is 27.7 Å². The number of rotatable bonds is 7. The molecule has 0 amide bonds. The molecule has 1 fully saturated rings. The fraction of sp³-hybridized carbons (Fsp3) is 0.600. The lowest BCUT2D eigenvalue weighted by Crippen LogP contribution is -2.28. The van der Waals surface area contributed by atoms with Gasteiger partial charge in [-0.05, 0) is 50.3 Å². The molecule has 2 atom stereocenters. The van der Waals surface area contributed by atoms with Crippen LogP contribution in [0.3, 0.4) is 0 Å². The summed E-state index contributed by atoms with van der Waals surface area (Å²) in [4.78, 5) is 0. The van der Waals surface area contributed by atoms with E-state index in [9.17, 15) is 8.78 Å². The van der Waals surface area contributed by atoms with Crippen molar-refractivity contribution < 1.29 is 23.0 Å². The molecule has 0 radical (unpaired) electrons. The van der Waals surface area contributed by atoms with Crippen LogP contribution in [0.4, 0.5) is 8.78 Å². The Balaban J connectivity index is 0.00000198. The van der Waals surface area contributed by atoms with Crippen LogP contribution in [0.1, 0.15) is 67.2 Å². The lowest BCUT2D eigenvalue weighted by Gasteiger charge is -2.28. The Morgan fingerprint density at radius 2 is 1.77 bits per heavy atom. The Hall–Kier alpha value is -1.88. The standard InChI is InChI=1S/C21H28F2O3.2C2H6/c1-5-16-6-9-19(25-12-16)13-26-18-10-7-17(8-11-18)14(2)20(22)21(23)15(3)24-4;2*1-2/h5,7,10,16,19H,1,6,8-9,11-13H2,2-4H3;2*1-2H3/b20-14-,21-15-;;. The molecule has 30 heavy (non-hydrogen) atoms. The Kier molecular flexibility index (Phi) is 14.9. The van der Waals surface area contributed by atoms with Gasteiger partial charge in [-0.15, -0.1) is 6.58 Å². The summed E-state index contributed by atoms with van der Waals surface area (Å²) in [5, 5.41) is 0. The van der Waals surface area contributed by atoms with Gasteiger partial charge in [0.15, 0.2) is 11.7 Å². The third-order valence-corrected chi connectivity index (χ3v) is 4.92. The Morgan fingerprint density at radius 3 is 2.23 bits per heavy atom. The molecule has 0 N–H and O–H groups in total. The molecule has 0 saturated carbocycles. The van der Waals surface area contributed by atoms with E-state index < -0.39 is 11.7 Å². The molecule has 1 saturated heterocycles. The Morgan fingerprint density at radius 1 is 1.10 bits per heavy atom. The number of methoxy groups -OCH3 is 1. The summed E-state index contributed by atoms with van der Waals surface area (Å²) < 4.78 is 44.5. The van der Waals surface area contributed by atoms with Crippen molar-refractivity contribution in [1.82, 2.24) is 0 Å². The van der Waals surface area contributed by atoms with Crippen LogP contribution in [0.25, 0.3) is 0 Å². The van der Waals surface area contributed by atoms with Gasteiger partial charge in [-0.2, -0.15) is 0 Å². The van der Waals surface area contributed by atoms with E-state index in [-0.39, 0.29) is 11.9 Å². The highest BCUT2D eigenvalue weighted by atomic mass is 19.2. The molecule has 1 aliphatic carbocycles. The number of hydrogen-bond acceptors (Lipinski definition) is 3. The summed E-state index contributed by atoms with van der Waals surface area (Å²) >= 11 is 0. The highest BCUT2D eigenvalue weighted by molar-refractivity contribution is 5.42. The van der Waals surface area contributed by atoms with Crippen LogP contribution >= 0.6 is 0 Å². The van der Waals surface area contributed by atoms with Crippen molar-refractivity contribution in [2.24, 2.45) is 5.92 Å². The first-order chi connectivity index (χ1) is 14.5. The van der Waals surface area contributed by atoms with Gasteiger partial charge in [0, 0.05) is 12.3 Å². The molecule has 2 aliphatic rings. The zero-order chi connectivity index (χ0) is 23.1. The second-order valence-corrected chi connectivity index (χ2v) is 6.68. The molecule has 1 heterocycles. The predicted molar refractivity (Wildman–Crippen MR) is 121 cm³/mol. The molecular formula is C25H40F2O3. The van der Waals surface area contributed by atoms with Crippen molar-refractivity contribution in [2.75, 3.05) is 20.3 Å². The monoisotopic (exact) mass is 426 g/mol. The van der Waals surface area contributed by atoms with E-state index in [2.05, 4.69) is 6.58 Å². The molecule has 0 spiro atoms. The molecule has 0 aromatic heterocycles. The molecule has 2 unspecified atom stereocenters. The number of ether oxygens (including phenoxy) is 3. The quantitative estimate of drug-likeness (QED) is 0.237. The zero-order valence-electron chi connectivity index (χ0n) is 19.8. The highest BCUT2D eigenvalue weighted by Gasteiger charge is 2.21. The molecule has 1 aliphatic heterocycles. The molecule has 2 rings (SSSR count). The van der Waals surface area contributed by atoms with E-state index in [1.165, 1.54) is 14.0 Å². The van der Waals surface area contributed by atoms with Crippen molar-refractivity contribution in [1.29, 1.82) is 0 Å². The maximum Gasteiger partial charge on any atom is 0.196 e. The third-order valence-electron chi connectivity index (χ3n) is 4.92. The largest absolute Gasteiger partial charge is 0.498 e. The minimum Gasteiger partial charge on any atom is -0.498 e. The molecule has 3 nitrogen and oxygen atoms in total. The van der Waals surface area contributed by atoms with Crippen LogP contribution in [0.15, 0.2) is 59.1 Å². The summed E-state index contributed by atoms with van der Waals surface area (Å²) in [6, 6.07) is 0. The van der Waals surface area contributed by atoms with Crippen LogP contribution in [0.5, 0.6) is 0 Å². The van der Waals surface area contributed by atoms with Crippen LogP contribution in [-0.4, -0.2) is 26.4 Å². The molecule has 0 bridgehead atoms. The van der Waals surface area contributed by atoms with Gasteiger partial charge in [0.2, 0.25) is 0 Å². The van der Waals surface area contributed by atoms with E-state index in [1.807, 2.05) is 39.8 Å². The van der Waals surface area contributed by atoms with Crippen molar-refractivity contribution in [3.63, 3.8) is 0 Å². The lowest BCUT2D eigenvalue weighted by atomic mass is 9.96. The minimum absolute atomic E-state index is 0.0657. The average Bonchev–Trinajstić information content (AvgIpc) is 2.83. The first kappa shape index (κ1) is 28.1. The van der Waals surface area contributed by atoms with Crippen molar-refractivity contribution >= 4 is 0 Å². The van der Waals surface area contributed by atoms with E-state index in [1.54, 1.807) is 13.0 Å². The molecular weight excluding hydrogens is 386 g/mol. The summed E-state index contributed by atoms with van der Waals surface area (Å²) in [6.45, 7) is 16.0. The summed E-state index contributed by atoms with van der Waals surface area (Å²) in [6.07, 6.45) is 8.96. The normalized spacial score (nSPS) is 22.4. The fourth-order valence-electron chi connectivity index (χ4n) is 2.94. The van der Waals surface area contributed by atoms with Crippen molar-refractivity contribution in [2.45, 2.75) is 73.3 Å². The maximum atomic E-state index is 14.2. The lowest BCUT2D eigenvalue weighted by molar-refractivity contribution is -0.0413. The second kappa shape index (κ2) is 15.9. The van der Waals surface area contributed by atoms with Crippen molar-refractivity contribution in [3.05, 3.63) is 59.1 Å². The number of halogens is 2. The number of allylic oxidation sites excluding steroid dienone is 8. The van der Waals surface area contributed by atoms with E-state index in [0.29, 0.717) is 37.5 Å². The smallest absolute Gasteiger partial charge is 0.196 e. The molecule has 0 aromatic rings. The first-order valence-corrected chi connectivity index (χ1v) is 11.0. The van der Waals surface area contributed by atoms with Gasteiger partial charge in [-0.3, -0.25) is 0 Å². The first-order valence-electron chi connectivity index (χ1n) is 11.0. The van der Waals surface area contributed by atoms with Crippen LogP contribution in [-0.2, 0) is 14.2 Å². The van der Waals surface area contributed by atoms with Gasteiger partial charge < -0.3 is 14.2 Å². The van der Waals surface area contributed by atoms with Crippen LogP contribution in [0, 0.1) is 5.92 Å². The Labute approximate surface area is 182 Å². The summed E-state index contributed by atoms with van der Waals surface area (Å²) in [5.41, 5.74) is 1.05. The minimum atomic E-state index is -0.954. The average molecular weight is 427 g/mol. The van der Waals surface area contributed by atoms with Crippen LogP contribution in [0.2, 0.25) is 0 Å². The highest BCUT2D eigenvalue weighted by Crippen LogP contribution is 2.31. The van der Waals surface area contributed by atoms with E-state index in [4.69, 9.17) is 14.2 Å². The number of hydrogen-bond donors (Lipinski definition) is 0. The summed E-state index contributed by atoms with van der Waals surface area (Å²) in [5.74, 6) is -0.610. The molecule has 172 valence electrons. The van der Waals surface area contributed by atoms with Gasteiger partial charge in [0.05, 0.1) is 25.6 Å². The maximum absolute atomic E-state index is 14.2.